The van der Waals surface area contributed by atoms with E-state index in [1.807, 2.05) is 0 Å². The number of amides is 1. The first-order valence-corrected chi connectivity index (χ1v) is 21.9. The molecule has 0 aromatic carbocycles. The minimum Gasteiger partial charge on any atom is -0.444 e. The van der Waals surface area contributed by atoms with Crippen molar-refractivity contribution in [2.75, 3.05) is 19.8 Å². The number of unbranched alkanes of at least 4 members (excludes halogenated alkanes) is 12. The Bertz CT molecular complexity index is 839. The summed E-state index contributed by atoms with van der Waals surface area (Å²) >= 11 is 0. The zero-order valence-electron chi connectivity index (χ0n) is 32.2. The van der Waals surface area contributed by atoms with Crippen LogP contribution in [0.4, 0.5) is 4.79 Å². The molecule has 5 nitrogen and oxygen atoms in total. The van der Waals surface area contributed by atoms with Crippen molar-refractivity contribution in [2.45, 2.75) is 195 Å². The number of carbonyl (C=O) groups excluding carboxylic acids is 1. The Balaban J connectivity index is 4.17. The molecule has 0 aliphatic carbocycles. The van der Waals surface area contributed by atoms with Gasteiger partial charge in [0.15, 0.2) is 8.32 Å². The summed E-state index contributed by atoms with van der Waals surface area (Å²) in [5, 5.41) is 3.11. The van der Waals surface area contributed by atoms with Gasteiger partial charge < -0.3 is 19.2 Å². The molecular formula is C40H77NO4Si. The van der Waals surface area contributed by atoms with Crippen molar-refractivity contribution in [3.05, 3.63) is 35.5 Å². The molecule has 6 heteroatoms. The Morgan fingerprint density at radius 1 is 0.804 bits per heavy atom. The van der Waals surface area contributed by atoms with Gasteiger partial charge in [0.1, 0.15) is 6.10 Å². The van der Waals surface area contributed by atoms with Crippen LogP contribution in [0.25, 0.3) is 0 Å². The van der Waals surface area contributed by atoms with Crippen LogP contribution in [-0.4, -0.2) is 46.4 Å². The molecule has 2 atom stereocenters. The zero-order valence-corrected chi connectivity index (χ0v) is 33.2. The van der Waals surface area contributed by atoms with Crippen LogP contribution < -0.4 is 5.32 Å². The van der Waals surface area contributed by atoms with Gasteiger partial charge in [-0.1, -0.05) is 134 Å². The molecule has 0 fully saturated rings. The van der Waals surface area contributed by atoms with Crippen LogP contribution in [-0.2, 0) is 13.9 Å². The molecule has 0 aromatic heterocycles. The molecule has 0 bridgehead atoms. The summed E-state index contributed by atoms with van der Waals surface area (Å²) < 4.78 is 18.4. The third-order valence-corrected chi connectivity index (χ3v) is 13.5. The molecule has 0 heterocycles. The SMILES string of the molecule is CCCCCCCCC=CCCCCCCCCNC(=O)OC(CCC)COCC=C(C)CC(C=C(C)C)O[Si](C)(C)C(C)(C)C. The molecule has 1 amide bonds. The fourth-order valence-corrected chi connectivity index (χ4v) is 6.38. The van der Waals surface area contributed by atoms with Crippen LogP contribution in [0.15, 0.2) is 35.5 Å². The number of hydrogen-bond acceptors (Lipinski definition) is 4. The standard InChI is InChI=1S/C40H77NO4Si/c1-11-13-14-15-16-17-18-19-20-21-22-23-24-25-26-27-30-41-39(42)44-37(28-12-2)34-43-31-29-36(5)33-38(32-35(3)4)45-46(9,10)40(6,7)8/h19-20,29,32,37-38H,11-18,21-28,30-31,33-34H2,1-10H3,(H,41,42). The number of carbonyl (C=O) groups is 1. The molecule has 46 heavy (non-hydrogen) atoms. The summed E-state index contributed by atoms with van der Waals surface area (Å²) in [4.78, 5) is 12.4. The van der Waals surface area contributed by atoms with Crippen molar-refractivity contribution in [1.29, 1.82) is 0 Å². The fraction of sp³-hybridized carbons (Fsp3) is 0.825. The summed E-state index contributed by atoms with van der Waals surface area (Å²) in [6, 6.07) is 0. The molecule has 0 saturated heterocycles. The van der Waals surface area contributed by atoms with Crippen molar-refractivity contribution in [1.82, 2.24) is 5.32 Å². The van der Waals surface area contributed by atoms with E-state index in [1.165, 1.54) is 88.2 Å². The van der Waals surface area contributed by atoms with Gasteiger partial charge in [-0.25, -0.2) is 4.79 Å². The second kappa shape index (κ2) is 27.6. The van der Waals surface area contributed by atoms with Gasteiger partial charge in [-0.3, -0.25) is 0 Å². The minimum atomic E-state index is -1.87. The van der Waals surface area contributed by atoms with E-state index in [1.54, 1.807) is 0 Å². The highest BCUT2D eigenvalue weighted by molar-refractivity contribution is 6.74. The summed E-state index contributed by atoms with van der Waals surface area (Å²) in [6.07, 6.45) is 29.2. The molecule has 0 spiro atoms. The highest BCUT2D eigenvalue weighted by Crippen LogP contribution is 2.38. The van der Waals surface area contributed by atoms with Gasteiger partial charge in [0.25, 0.3) is 0 Å². The predicted octanol–water partition coefficient (Wildman–Crippen LogP) is 12.6. The Kier molecular flexibility index (Phi) is 26.7. The second-order valence-electron chi connectivity index (χ2n) is 15.1. The van der Waals surface area contributed by atoms with Crippen molar-refractivity contribution in [3.63, 3.8) is 0 Å². The van der Waals surface area contributed by atoms with Crippen LogP contribution in [0, 0.1) is 0 Å². The highest BCUT2D eigenvalue weighted by Gasteiger charge is 2.38. The normalized spacial score (nSPS) is 14.0. The lowest BCUT2D eigenvalue weighted by Gasteiger charge is -2.39. The van der Waals surface area contributed by atoms with Crippen LogP contribution in [0.2, 0.25) is 18.1 Å². The van der Waals surface area contributed by atoms with Gasteiger partial charge in [-0.05, 0) is 83.8 Å². The van der Waals surface area contributed by atoms with E-state index in [2.05, 4.69) is 98.1 Å². The third kappa shape index (κ3) is 25.7. The number of rotatable bonds is 28. The lowest BCUT2D eigenvalue weighted by Crippen LogP contribution is -2.43. The first-order chi connectivity index (χ1) is 21.8. The van der Waals surface area contributed by atoms with Crippen LogP contribution in [0.5, 0.6) is 0 Å². The van der Waals surface area contributed by atoms with E-state index in [-0.39, 0.29) is 23.3 Å². The summed E-state index contributed by atoms with van der Waals surface area (Å²) in [5.41, 5.74) is 2.53. The second-order valence-corrected chi connectivity index (χ2v) is 19.9. The first-order valence-electron chi connectivity index (χ1n) is 19.0. The molecule has 0 saturated carbocycles. The third-order valence-electron chi connectivity index (χ3n) is 8.99. The van der Waals surface area contributed by atoms with Gasteiger partial charge in [0.05, 0.1) is 19.3 Å². The quantitative estimate of drug-likeness (QED) is 0.0514. The van der Waals surface area contributed by atoms with Crippen LogP contribution >= 0.6 is 0 Å². The van der Waals surface area contributed by atoms with Crippen LogP contribution in [0.3, 0.4) is 0 Å². The molecule has 0 radical (unpaired) electrons. The first kappa shape index (κ1) is 44.6. The fourth-order valence-electron chi connectivity index (χ4n) is 5.12. The molecule has 2 unspecified atom stereocenters. The van der Waals surface area contributed by atoms with Gasteiger partial charge in [0.2, 0.25) is 0 Å². The Morgan fingerprint density at radius 3 is 1.91 bits per heavy atom. The van der Waals surface area contributed by atoms with Crippen LogP contribution in [0.1, 0.15) is 165 Å². The average molecular weight is 664 g/mol. The summed E-state index contributed by atoms with van der Waals surface area (Å²) in [7, 11) is -1.87. The maximum Gasteiger partial charge on any atom is 0.407 e. The van der Waals surface area contributed by atoms with E-state index >= 15 is 0 Å². The summed E-state index contributed by atoms with van der Waals surface area (Å²) in [6.45, 7) is 23.9. The minimum absolute atomic E-state index is 0.0776. The lowest BCUT2D eigenvalue weighted by molar-refractivity contribution is 0.0242. The van der Waals surface area contributed by atoms with Crippen molar-refractivity contribution in [2.24, 2.45) is 0 Å². The maximum atomic E-state index is 12.4. The average Bonchev–Trinajstić information content (AvgIpc) is 2.95. The zero-order chi connectivity index (χ0) is 34.7. The van der Waals surface area contributed by atoms with Gasteiger partial charge in [-0.2, -0.15) is 0 Å². The lowest BCUT2D eigenvalue weighted by atomic mass is 10.1. The smallest absolute Gasteiger partial charge is 0.407 e. The maximum absolute atomic E-state index is 12.4. The van der Waals surface area contributed by atoms with Gasteiger partial charge >= 0.3 is 6.09 Å². The number of nitrogens with one attached hydrogen (secondary N) is 1. The summed E-state index contributed by atoms with van der Waals surface area (Å²) in [5.74, 6) is 0. The van der Waals surface area contributed by atoms with E-state index in [0.29, 0.717) is 19.8 Å². The van der Waals surface area contributed by atoms with E-state index in [0.717, 1.165) is 32.1 Å². The van der Waals surface area contributed by atoms with E-state index < -0.39 is 8.32 Å². The van der Waals surface area contributed by atoms with Crippen molar-refractivity contribution >= 4 is 14.4 Å². The Morgan fingerprint density at radius 2 is 1.37 bits per heavy atom. The monoisotopic (exact) mass is 664 g/mol. The highest BCUT2D eigenvalue weighted by atomic mass is 28.4. The molecule has 270 valence electrons. The molecule has 0 aliphatic rings. The van der Waals surface area contributed by atoms with Crippen molar-refractivity contribution in [3.8, 4) is 0 Å². The Labute approximate surface area is 287 Å². The largest absolute Gasteiger partial charge is 0.444 e. The number of ether oxygens (including phenoxy) is 2. The number of hydrogen-bond donors (Lipinski definition) is 1. The molecular weight excluding hydrogens is 587 g/mol. The van der Waals surface area contributed by atoms with E-state index in [9.17, 15) is 4.79 Å². The topological polar surface area (TPSA) is 56.8 Å². The molecule has 0 aliphatic heterocycles. The molecule has 0 aromatic rings. The predicted molar refractivity (Wildman–Crippen MR) is 203 cm³/mol. The van der Waals surface area contributed by atoms with Gasteiger partial charge in [-0.15, -0.1) is 0 Å². The van der Waals surface area contributed by atoms with Crippen molar-refractivity contribution < 1.29 is 18.7 Å². The van der Waals surface area contributed by atoms with Gasteiger partial charge in [0, 0.05) is 6.54 Å². The number of alkyl carbamates (subject to hydrolysis) is 1. The number of allylic oxidation sites excluding steroid dienone is 3. The van der Waals surface area contributed by atoms with E-state index in [4.69, 9.17) is 13.9 Å². The molecule has 1 N–H and O–H groups in total. The Hall–Kier alpha value is -1.37. The molecule has 0 rings (SSSR count).